The van der Waals surface area contributed by atoms with Gasteiger partial charge in [0.15, 0.2) is 0 Å². The van der Waals surface area contributed by atoms with Crippen molar-refractivity contribution >= 4 is 17.3 Å². The zero-order valence-corrected chi connectivity index (χ0v) is 16.2. The van der Waals surface area contributed by atoms with E-state index in [2.05, 4.69) is 45.1 Å². The molecule has 0 spiro atoms. The van der Waals surface area contributed by atoms with Crippen LogP contribution in [-0.2, 0) is 6.54 Å². The van der Waals surface area contributed by atoms with Gasteiger partial charge in [-0.1, -0.05) is 35.9 Å². The molecule has 0 aliphatic carbocycles. The van der Waals surface area contributed by atoms with Crippen LogP contribution in [0.15, 0.2) is 60.7 Å². The lowest BCUT2D eigenvalue weighted by atomic mass is 10.2. The smallest absolute Gasteiger partial charge is 0.142 e. The van der Waals surface area contributed by atoms with Gasteiger partial charge in [0.2, 0.25) is 0 Å². The Morgan fingerprint density at radius 1 is 0.963 bits per heavy atom. The van der Waals surface area contributed by atoms with Crippen molar-refractivity contribution in [3.63, 3.8) is 0 Å². The number of anilines is 1. The molecule has 5 heteroatoms. The molecule has 0 amide bonds. The highest BCUT2D eigenvalue weighted by Crippen LogP contribution is 2.28. The second-order valence-electron chi connectivity index (χ2n) is 6.84. The first-order chi connectivity index (χ1) is 13.2. The van der Waals surface area contributed by atoms with Crippen molar-refractivity contribution in [3.8, 4) is 17.0 Å². The first kappa shape index (κ1) is 18.0. The van der Waals surface area contributed by atoms with Crippen molar-refractivity contribution in [2.75, 3.05) is 38.2 Å². The van der Waals surface area contributed by atoms with Crippen LogP contribution in [0.1, 0.15) is 5.69 Å². The summed E-state index contributed by atoms with van der Waals surface area (Å²) in [5.41, 5.74) is 4.65. The van der Waals surface area contributed by atoms with Crippen LogP contribution in [0, 0.1) is 0 Å². The average molecular weight is 382 g/mol. The van der Waals surface area contributed by atoms with E-state index in [9.17, 15) is 0 Å². The number of hydrogen-bond donors (Lipinski definition) is 1. The molecule has 1 fully saturated rings. The molecule has 27 heavy (non-hydrogen) atoms. The van der Waals surface area contributed by atoms with Gasteiger partial charge in [0.1, 0.15) is 5.75 Å². The number of halogens is 1. The van der Waals surface area contributed by atoms with E-state index in [4.69, 9.17) is 16.3 Å². The molecule has 1 aliphatic heterocycles. The Labute approximate surface area is 165 Å². The maximum Gasteiger partial charge on any atom is 0.142 e. The molecule has 0 atom stereocenters. The zero-order chi connectivity index (χ0) is 18.6. The minimum Gasteiger partial charge on any atom is -0.495 e. The third-order valence-corrected chi connectivity index (χ3v) is 5.31. The van der Waals surface area contributed by atoms with Gasteiger partial charge < -0.3 is 14.6 Å². The summed E-state index contributed by atoms with van der Waals surface area (Å²) in [7, 11) is 1.73. The summed E-state index contributed by atoms with van der Waals surface area (Å²) in [5, 5.41) is 0.760. The van der Waals surface area contributed by atoms with Gasteiger partial charge >= 0.3 is 0 Å². The number of ether oxygens (including phenoxy) is 1. The number of H-pyrrole nitrogens is 1. The Hall–Kier alpha value is -2.43. The molecule has 1 N–H and O–H groups in total. The fraction of sp³-hybridized carbons (Fsp3) is 0.273. The molecule has 0 unspecified atom stereocenters. The van der Waals surface area contributed by atoms with Crippen LogP contribution in [0.5, 0.6) is 5.75 Å². The molecule has 4 nitrogen and oxygen atoms in total. The molecule has 0 radical (unpaired) electrons. The fourth-order valence-electron chi connectivity index (χ4n) is 3.64. The Morgan fingerprint density at radius 3 is 2.56 bits per heavy atom. The molecule has 1 saturated heterocycles. The predicted molar refractivity (Wildman–Crippen MR) is 112 cm³/mol. The van der Waals surface area contributed by atoms with E-state index in [1.165, 1.54) is 11.4 Å². The third kappa shape index (κ3) is 4.12. The summed E-state index contributed by atoms with van der Waals surface area (Å²) < 4.78 is 5.50. The quantitative estimate of drug-likeness (QED) is 0.697. The van der Waals surface area contributed by atoms with Crippen molar-refractivity contribution in [2.24, 2.45) is 0 Å². The summed E-state index contributed by atoms with van der Waals surface area (Å²) >= 11 is 6.11. The maximum absolute atomic E-state index is 6.11. The highest BCUT2D eigenvalue weighted by molar-refractivity contribution is 6.30. The lowest BCUT2D eigenvalue weighted by molar-refractivity contribution is 0.247. The van der Waals surface area contributed by atoms with Crippen LogP contribution in [-0.4, -0.2) is 43.2 Å². The van der Waals surface area contributed by atoms with E-state index in [1.807, 2.05) is 30.3 Å². The number of nitrogens with zero attached hydrogens (tertiary/aromatic N) is 2. The van der Waals surface area contributed by atoms with Crippen molar-refractivity contribution in [1.29, 1.82) is 0 Å². The van der Waals surface area contributed by atoms with Gasteiger partial charge in [-0.3, -0.25) is 4.90 Å². The number of para-hydroxylation sites is 2. The summed E-state index contributed by atoms with van der Waals surface area (Å²) in [6.07, 6.45) is 0. The number of piperazine rings is 1. The summed E-state index contributed by atoms with van der Waals surface area (Å²) in [5.74, 6) is 0.946. The van der Waals surface area contributed by atoms with E-state index in [-0.39, 0.29) is 0 Å². The minimum absolute atomic E-state index is 0.760. The number of aromatic amines is 1. The van der Waals surface area contributed by atoms with Gasteiger partial charge in [-0.15, -0.1) is 0 Å². The first-order valence-electron chi connectivity index (χ1n) is 9.27. The van der Waals surface area contributed by atoms with Crippen molar-refractivity contribution in [1.82, 2.24) is 9.88 Å². The van der Waals surface area contributed by atoms with Crippen molar-refractivity contribution in [3.05, 3.63) is 71.4 Å². The fourth-order valence-corrected chi connectivity index (χ4v) is 3.83. The minimum atomic E-state index is 0.760. The van der Waals surface area contributed by atoms with E-state index in [0.717, 1.165) is 54.8 Å². The highest BCUT2D eigenvalue weighted by Gasteiger charge is 2.20. The molecule has 2 aromatic carbocycles. The summed E-state index contributed by atoms with van der Waals surface area (Å²) in [4.78, 5) is 8.42. The number of benzene rings is 2. The second kappa shape index (κ2) is 8.07. The molecular weight excluding hydrogens is 358 g/mol. The largest absolute Gasteiger partial charge is 0.495 e. The molecule has 140 valence electrons. The van der Waals surface area contributed by atoms with Crippen LogP contribution < -0.4 is 9.64 Å². The third-order valence-electron chi connectivity index (χ3n) is 5.07. The van der Waals surface area contributed by atoms with Gasteiger partial charge in [0.25, 0.3) is 0 Å². The Bertz CT molecular complexity index is 900. The number of rotatable bonds is 5. The van der Waals surface area contributed by atoms with Crippen LogP contribution in [0.4, 0.5) is 5.69 Å². The molecule has 1 aromatic heterocycles. The molecule has 1 aliphatic rings. The van der Waals surface area contributed by atoms with E-state index < -0.39 is 0 Å². The summed E-state index contributed by atoms with van der Waals surface area (Å²) in [6, 6.07) is 20.5. The van der Waals surface area contributed by atoms with Crippen molar-refractivity contribution < 1.29 is 4.74 Å². The van der Waals surface area contributed by atoms with Gasteiger partial charge in [0.05, 0.1) is 12.8 Å². The molecule has 3 aromatic rings. The van der Waals surface area contributed by atoms with Gasteiger partial charge in [0, 0.05) is 49.1 Å². The summed E-state index contributed by atoms with van der Waals surface area (Å²) in [6.45, 7) is 5.00. The Kier molecular flexibility index (Phi) is 5.37. The molecular formula is C22H24ClN3O. The Morgan fingerprint density at radius 2 is 1.78 bits per heavy atom. The maximum atomic E-state index is 6.11. The van der Waals surface area contributed by atoms with Crippen LogP contribution >= 0.6 is 11.6 Å². The van der Waals surface area contributed by atoms with E-state index in [0.29, 0.717) is 0 Å². The van der Waals surface area contributed by atoms with Crippen LogP contribution in [0.25, 0.3) is 11.3 Å². The zero-order valence-electron chi connectivity index (χ0n) is 15.5. The molecule has 0 bridgehead atoms. The monoisotopic (exact) mass is 381 g/mol. The van der Waals surface area contributed by atoms with Gasteiger partial charge in [-0.25, -0.2) is 0 Å². The standard InChI is InChI=1S/C22H24ClN3O/c1-27-22-8-3-2-7-21(22)26-13-11-25(12-14-26)16-19-9-10-20(24-19)17-5-4-6-18(23)15-17/h2-10,15,24H,11-14,16H2,1H3. The van der Waals surface area contributed by atoms with Gasteiger partial charge in [-0.05, 0) is 42.0 Å². The highest BCUT2D eigenvalue weighted by atomic mass is 35.5. The van der Waals surface area contributed by atoms with Gasteiger partial charge in [-0.2, -0.15) is 0 Å². The van der Waals surface area contributed by atoms with E-state index >= 15 is 0 Å². The van der Waals surface area contributed by atoms with Crippen LogP contribution in [0.2, 0.25) is 5.02 Å². The molecule has 0 saturated carbocycles. The number of methoxy groups -OCH3 is 1. The van der Waals surface area contributed by atoms with E-state index in [1.54, 1.807) is 7.11 Å². The van der Waals surface area contributed by atoms with Crippen molar-refractivity contribution in [2.45, 2.75) is 6.54 Å². The SMILES string of the molecule is COc1ccccc1N1CCN(Cc2ccc(-c3cccc(Cl)c3)[nH]2)CC1. The first-order valence-corrected chi connectivity index (χ1v) is 9.65. The normalized spacial score (nSPS) is 15.1. The number of aromatic nitrogens is 1. The molecule has 4 rings (SSSR count). The average Bonchev–Trinajstić information content (AvgIpc) is 3.17. The number of nitrogens with one attached hydrogen (secondary N) is 1. The topological polar surface area (TPSA) is 31.5 Å². The second-order valence-corrected chi connectivity index (χ2v) is 7.28. The van der Waals surface area contributed by atoms with Crippen LogP contribution in [0.3, 0.4) is 0 Å². The predicted octanol–water partition coefficient (Wildman–Crippen LogP) is 4.67. The number of hydrogen-bond acceptors (Lipinski definition) is 3. The lowest BCUT2D eigenvalue weighted by Gasteiger charge is -2.36. The molecule has 2 heterocycles. The Balaban J connectivity index is 1.37. The lowest BCUT2D eigenvalue weighted by Crippen LogP contribution is -2.46.